The zero-order valence-corrected chi connectivity index (χ0v) is 75.5. The molecule has 0 unspecified atom stereocenters. The summed E-state index contributed by atoms with van der Waals surface area (Å²) in [7, 11) is 0. The minimum Gasteiger partial charge on any atom is -0.481 e. The van der Waals surface area contributed by atoms with Gasteiger partial charge in [-0.15, -0.1) is 0 Å². The molecule has 27 N–H and O–H groups in total. The van der Waals surface area contributed by atoms with Crippen LogP contribution in [0.3, 0.4) is 0 Å². The molecule has 4 rings (SSSR count). The molecule has 730 valence electrons. The van der Waals surface area contributed by atoms with Gasteiger partial charge >= 0.3 is 17.9 Å². The Morgan fingerprint density at radius 3 is 1.34 bits per heavy atom. The molecule has 0 saturated carbocycles. The number of hydrogen-bond acceptors (Lipinski definition) is 25. The number of rotatable bonds is 55. The number of nitrogens with zero attached hydrogens (tertiary/aromatic N) is 3. The van der Waals surface area contributed by atoms with Gasteiger partial charge in [-0.25, -0.2) is 4.79 Å². The number of benzene rings is 1. The Labute approximate surface area is 757 Å². The predicted molar refractivity (Wildman–Crippen MR) is 465 cm³/mol. The van der Waals surface area contributed by atoms with E-state index in [2.05, 4.69) is 79.8 Å². The summed E-state index contributed by atoms with van der Waals surface area (Å²) in [6.45, 7) is 11.9. The number of hydrogen-bond donors (Lipinski definition) is 24. The Balaban J connectivity index is 1.45. The number of nitrogens with two attached hydrogens (primary N) is 3. The van der Waals surface area contributed by atoms with Crippen LogP contribution in [-0.2, 0) is 107 Å². The number of aliphatic carboxylic acids is 3. The number of carbonyl (C=O) groups excluding carboxylic acids is 18. The molecule has 1 aromatic carbocycles. The number of carboxylic acids is 3. The molecule has 0 spiro atoms. The number of likely N-dealkylation sites (tertiary alicyclic amines) is 3. The highest BCUT2D eigenvalue weighted by Gasteiger charge is 2.46. The Morgan fingerprint density at radius 1 is 0.427 bits per heavy atom. The van der Waals surface area contributed by atoms with Crippen LogP contribution in [0.2, 0.25) is 0 Å². The average Bonchev–Trinajstić information content (AvgIpc) is 1.69. The van der Waals surface area contributed by atoms with Gasteiger partial charge in [-0.1, -0.05) is 106 Å². The van der Waals surface area contributed by atoms with Crippen molar-refractivity contribution in [3.05, 3.63) is 35.9 Å². The fourth-order valence-electron chi connectivity index (χ4n) is 14.7. The van der Waals surface area contributed by atoms with Gasteiger partial charge in [0.15, 0.2) is 5.96 Å². The van der Waals surface area contributed by atoms with Crippen LogP contribution in [0.15, 0.2) is 30.3 Å². The van der Waals surface area contributed by atoms with Crippen molar-refractivity contribution < 1.29 is 126 Å². The van der Waals surface area contributed by atoms with Crippen LogP contribution in [0.4, 0.5) is 0 Å². The number of carbonyl (C=O) groups is 21. The van der Waals surface area contributed by atoms with E-state index in [-0.39, 0.29) is 121 Å². The van der Waals surface area contributed by atoms with E-state index < -0.39 is 291 Å². The third-order valence-electron chi connectivity index (χ3n) is 22.0. The minimum absolute atomic E-state index is 0.00750. The Bertz CT molecular complexity index is 4210. The lowest BCUT2D eigenvalue weighted by molar-refractivity contribution is -0.145. The quantitative estimate of drug-likeness (QED) is 0.0164. The maximum absolute atomic E-state index is 14.8. The van der Waals surface area contributed by atoms with E-state index in [0.717, 1.165) is 9.80 Å². The van der Waals surface area contributed by atoms with Crippen molar-refractivity contribution in [2.24, 2.45) is 46.8 Å². The Hall–Kier alpha value is -12.8. The largest absolute Gasteiger partial charge is 0.481 e. The molecule has 3 heterocycles. The Kier molecular flexibility index (Phi) is 46.1. The van der Waals surface area contributed by atoms with Gasteiger partial charge in [-0.05, 0) is 106 Å². The molecular weight excluding hydrogens is 1720 g/mol. The van der Waals surface area contributed by atoms with Crippen LogP contribution in [0.25, 0.3) is 0 Å². The summed E-state index contributed by atoms with van der Waals surface area (Å²) < 4.78 is 0. The van der Waals surface area contributed by atoms with E-state index in [1.807, 2.05) is 0 Å². The number of guanidine groups is 1. The Morgan fingerprint density at radius 2 is 0.855 bits per heavy atom. The van der Waals surface area contributed by atoms with Crippen LogP contribution in [-0.4, -0.2) is 320 Å². The molecule has 16 atom stereocenters. The zero-order valence-electron chi connectivity index (χ0n) is 75.5. The smallest absolute Gasteiger partial charge is 0.326 e. The number of primary amides is 1. The molecular formula is C83H132N22O26. The van der Waals surface area contributed by atoms with Crippen LogP contribution >= 0.6 is 0 Å². The second-order valence-electron chi connectivity index (χ2n) is 34.2. The second-order valence-corrected chi connectivity index (χ2v) is 34.2. The molecule has 0 bridgehead atoms. The lowest BCUT2D eigenvalue weighted by Gasteiger charge is -2.33. The maximum atomic E-state index is 14.8. The molecule has 131 heavy (non-hydrogen) atoms. The number of carboxylic acid groups (broad SMARTS) is 3. The van der Waals surface area contributed by atoms with E-state index in [9.17, 15) is 126 Å². The van der Waals surface area contributed by atoms with Crippen molar-refractivity contribution in [1.29, 1.82) is 5.41 Å². The molecule has 3 saturated heterocycles. The molecule has 0 radical (unpaired) electrons. The topological polar surface area (TPSA) is 752 Å². The van der Waals surface area contributed by atoms with Crippen LogP contribution < -0.4 is 97.0 Å². The molecule has 18 amide bonds. The van der Waals surface area contributed by atoms with Crippen LogP contribution in [0, 0.1) is 35.0 Å². The first-order chi connectivity index (χ1) is 61.6. The molecule has 3 fully saturated rings. The van der Waals surface area contributed by atoms with Crippen molar-refractivity contribution >= 4 is 130 Å². The van der Waals surface area contributed by atoms with E-state index >= 15 is 0 Å². The molecule has 48 heteroatoms. The van der Waals surface area contributed by atoms with Gasteiger partial charge in [0.25, 0.3) is 0 Å². The highest BCUT2D eigenvalue weighted by atomic mass is 16.4. The summed E-state index contributed by atoms with van der Waals surface area (Å²) in [5, 5.41) is 93.4. The van der Waals surface area contributed by atoms with Crippen molar-refractivity contribution in [3.63, 3.8) is 0 Å². The number of aliphatic hydroxyl groups excluding tert-OH is 2. The fourth-order valence-corrected chi connectivity index (χ4v) is 14.7. The van der Waals surface area contributed by atoms with Gasteiger partial charge < -0.3 is 137 Å². The third-order valence-corrected chi connectivity index (χ3v) is 22.0. The second kappa shape index (κ2) is 54.7. The van der Waals surface area contributed by atoms with Gasteiger partial charge in [-0.3, -0.25) is 101 Å². The first-order valence-electron chi connectivity index (χ1n) is 43.7. The van der Waals surface area contributed by atoms with E-state index in [1.165, 1.54) is 4.90 Å². The molecule has 48 nitrogen and oxygen atoms in total. The number of amides is 18. The van der Waals surface area contributed by atoms with Gasteiger partial charge in [-0.2, -0.15) is 0 Å². The average molecular weight is 1850 g/mol. The molecule has 0 aromatic heterocycles. The lowest BCUT2D eigenvalue weighted by Crippen LogP contribution is -2.61. The first kappa shape index (κ1) is 111. The van der Waals surface area contributed by atoms with Crippen molar-refractivity contribution in [3.8, 4) is 0 Å². The highest BCUT2D eigenvalue weighted by Crippen LogP contribution is 2.26. The van der Waals surface area contributed by atoms with Crippen LogP contribution in [0.5, 0.6) is 0 Å². The molecule has 3 aliphatic rings. The monoisotopic (exact) mass is 1850 g/mol. The van der Waals surface area contributed by atoms with Gasteiger partial charge in [0.05, 0.1) is 51.7 Å². The van der Waals surface area contributed by atoms with E-state index in [4.69, 9.17) is 22.6 Å². The van der Waals surface area contributed by atoms with Gasteiger partial charge in [0.2, 0.25) is 106 Å². The summed E-state index contributed by atoms with van der Waals surface area (Å²) in [5.74, 6) is -24.4. The number of nitrogens with one attached hydrogen (secondary N) is 16. The summed E-state index contributed by atoms with van der Waals surface area (Å²) in [6, 6.07) is -14.1. The predicted octanol–water partition coefficient (Wildman–Crippen LogP) is -7.79. The molecule has 3 aliphatic heterocycles. The van der Waals surface area contributed by atoms with E-state index in [1.54, 1.807) is 99.6 Å². The summed E-state index contributed by atoms with van der Waals surface area (Å²) in [6.07, 6.45) is -2.72. The molecule has 1 aromatic rings. The first-order valence-corrected chi connectivity index (χ1v) is 43.7. The highest BCUT2D eigenvalue weighted by molar-refractivity contribution is 6.02. The van der Waals surface area contributed by atoms with Crippen molar-refractivity contribution in [2.75, 3.05) is 59.0 Å². The fraction of sp³-hybridized carbons (Fsp3) is 0.663. The maximum Gasteiger partial charge on any atom is 0.326 e. The van der Waals surface area contributed by atoms with Gasteiger partial charge in [0.1, 0.15) is 84.6 Å². The SMILES string of the molecule is CC[C@H](C)[C@H](NC(=O)[C@@H]1CCCN1C(=O)[C@H](CC(N)=O)NC(=O)CNC(=O)[C@H](Cc1ccccc1)NC(=O)[C@@H]1CCCN1C(=O)[C@H](CO)NC(=O)[C@H](CCCNC(=N)N)NC(=O)[C@H](CO)NC(=O)[C@@H](N)C(C)C)C(=O)N1CCC[C@H]1C(=O)NCC(=O)N[C@@H](CC(C)C)C(=O)N[C@@H](CC(=O)O)C(=O)N[C@@H](CCC(=O)O)C(=O)N[C@@H](CC(C)C)C(=O)NCC(=O)N[C@H](C(=O)O)C(C)C. The third kappa shape index (κ3) is 36.6. The van der Waals surface area contributed by atoms with Crippen molar-refractivity contribution in [1.82, 2.24) is 94.5 Å². The molecule has 0 aliphatic carbocycles. The lowest BCUT2D eigenvalue weighted by atomic mass is 9.96. The van der Waals surface area contributed by atoms with Crippen LogP contribution in [0.1, 0.15) is 171 Å². The van der Waals surface area contributed by atoms with Crippen molar-refractivity contribution in [2.45, 2.75) is 263 Å². The summed E-state index contributed by atoms with van der Waals surface area (Å²) in [4.78, 5) is 288. The van der Waals surface area contributed by atoms with E-state index in [0.29, 0.717) is 5.56 Å². The van der Waals surface area contributed by atoms with Gasteiger partial charge in [0, 0.05) is 39.0 Å². The normalized spacial score (nSPS) is 17.7. The standard InChI is InChI=1S/C83H132N22O26/c1-11-45(10)67(81(129)105-30-16-22-56(105)75(123)91-37-60(109)92-50(32-42(4)5)72(120)97-52(35-64(114)115)73(121)95-48(25-26-63(112)113)71(119)96-49(31-41(2)3)68(116)90-38-62(111)101-66(44(8)9)82(130)131)102-77(125)58-24-18-28-103(58)79(127)53(34-59(84)108)93-61(110)36-89-69(117)51(33-46-19-13-12-14-20-46)98-76(124)57-23-17-29-104(57)80(128)55(40-107)100-70(118)47(21-15-27-88-83(86)87)94-74(122)54(39-106)99-78(126)65(85)43(6)7/h12-14,19-20,41-45,47-58,65-67,106-107H,11,15-18,21-40,85H2,1-10H3,(H2,84,108)(H,89,117)(H,90,116)(H,91,123)(H,92,109)(H,93,110)(H,94,122)(H,95,121)(H,96,119)(H,97,120)(H,98,124)(H,99,126)(H,100,118)(H,101,111)(H,102,125)(H,112,113)(H,114,115)(H,130,131)(H4,86,87,88)/t45-,47-,48-,49-,50-,51-,52-,53-,54-,55-,56-,57-,58-,65-,66-,67-/m0/s1. The number of aliphatic hydroxyl groups is 2. The summed E-state index contributed by atoms with van der Waals surface area (Å²) in [5.41, 5.74) is 17.5. The zero-order chi connectivity index (χ0) is 98.4. The summed E-state index contributed by atoms with van der Waals surface area (Å²) >= 11 is 0. The minimum atomic E-state index is -2.00.